The zero-order valence-corrected chi connectivity index (χ0v) is 19.5. The van der Waals surface area contributed by atoms with E-state index in [2.05, 4.69) is 15.1 Å². The molecule has 34 heavy (non-hydrogen) atoms. The lowest BCUT2D eigenvalue weighted by Gasteiger charge is -2.49. The van der Waals surface area contributed by atoms with Crippen LogP contribution in [0.5, 0.6) is 0 Å². The predicted octanol–water partition coefficient (Wildman–Crippen LogP) is 4.79. The lowest BCUT2D eigenvalue weighted by Crippen LogP contribution is -2.53. The molecule has 5 heterocycles. The molecule has 178 valence electrons. The van der Waals surface area contributed by atoms with Gasteiger partial charge in [0.2, 0.25) is 0 Å². The number of carbonyl (C=O) groups is 1. The highest BCUT2D eigenvalue weighted by Gasteiger charge is 2.47. The molecule has 7 nitrogen and oxygen atoms in total. The van der Waals surface area contributed by atoms with E-state index in [0.29, 0.717) is 12.2 Å². The molecule has 0 spiro atoms. The van der Waals surface area contributed by atoms with Crippen LogP contribution in [0.1, 0.15) is 58.9 Å². The molecule has 1 amide bonds. The Hall–Kier alpha value is -3.01. The summed E-state index contributed by atoms with van der Waals surface area (Å²) in [7, 11) is 1.83. The summed E-state index contributed by atoms with van der Waals surface area (Å²) >= 11 is 6.07. The number of pyridine rings is 1. The van der Waals surface area contributed by atoms with Crippen molar-refractivity contribution < 1.29 is 18.0 Å². The molecule has 1 fully saturated rings. The van der Waals surface area contributed by atoms with Crippen molar-refractivity contribution in [1.29, 1.82) is 0 Å². The monoisotopic (exact) mass is 490 g/mol. The van der Waals surface area contributed by atoms with Gasteiger partial charge in [0, 0.05) is 36.6 Å². The van der Waals surface area contributed by atoms with E-state index in [9.17, 15) is 18.0 Å². The molecular formula is C23H22ClF3N6O. The minimum absolute atomic E-state index is 0.0537. The van der Waals surface area contributed by atoms with Crippen molar-refractivity contribution in [2.75, 3.05) is 0 Å². The summed E-state index contributed by atoms with van der Waals surface area (Å²) in [6.45, 7) is 3.83. The average Bonchev–Trinajstić information content (AvgIpc) is 3.20. The lowest BCUT2D eigenvalue weighted by atomic mass is 9.76. The summed E-state index contributed by atoms with van der Waals surface area (Å²) in [6.07, 6.45) is 1.95. The first-order valence-corrected chi connectivity index (χ1v) is 11.3. The Labute approximate surface area is 199 Å². The van der Waals surface area contributed by atoms with Gasteiger partial charge in [0.25, 0.3) is 5.91 Å². The van der Waals surface area contributed by atoms with E-state index in [1.54, 1.807) is 22.7 Å². The summed E-state index contributed by atoms with van der Waals surface area (Å²) in [4.78, 5) is 28.1. The Kier molecular flexibility index (Phi) is 5.38. The SMILES string of the molecule is Cc1nc(-c2cnn(C)c2)c2c(n1)[C@H]1[C@H](C)CC[C@@H](C2)N1C(=O)c1ccnc(C(F)(F)F)c1Cl. The van der Waals surface area contributed by atoms with Crippen LogP contribution < -0.4 is 0 Å². The van der Waals surface area contributed by atoms with Gasteiger partial charge >= 0.3 is 6.18 Å². The largest absolute Gasteiger partial charge is 0.434 e. The highest BCUT2D eigenvalue weighted by molar-refractivity contribution is 6.34. The number of halogens is 4. The van der Waals surface area contributed by atoms with Crippen LogP contribution in [0.3, 0.4) is 0 Å². The molecule has 3 aromatic rings. The molecule has 2 bridgehead atoms. The molecule has 0 aliphatic carbocycles. The van der Waals surface area contributed by atoms with Gasteiger partial charge in [-0.15, -0.1) is 0 Å². The van der Waals surface area contributed by atoms with Gasteiger partial charge in [-0.05, 0) is 38.2 Å². The Morgan fingerprint density at radius 1 is 1.24 bits per heavy atom. The maximum Gasteiger partial charge on any atom is 0.434 e. The number of nitrogens with zero attached hydrogens (tertiary/aromatic N) is 6. The van der Waals surface area contributed by atoms with Crippen molar-refractivity contribution >= 4 is 17.5 Å². The number of fused-ring (bicyclic) bond motifs is 4. The fraction of sp³-hybridized carbons (Fsp3) is 0.435. The van der Waals surface area contributed by atoms with Crippen LogP contribution >= 0.6 is 11.6 Å². The number of rotatable bonds is 2. The Morgan fingerprint density at radius 2 is 2.00 bits per heavy atom. The van der Waals surface area contributed by atoms with E-state index in [-0.39, 0.29) is 17.5 Å². The van der Waals surface area contributed by atoms with E-state index in [1.807, 2.05) is 20.2 Å². The highest BCUT2D eigenvalue weighted by atomic mass is 35.5. The Morgan fingerprint density at radius 3 is 2.68 bits per heavy atom. The fourth-order valence-corrected chi connectivity index (χ4v) is 5.47. The number of hydrogen-bond acceptors (Lipinski definition) is 5. The summed E-state index contributed by atoms with van der Waals surface area (Å²) in [5, 5.41) is 3.58. The highest BCUT2D eigenvalue weighted by Crippen LogP contribution is 2.47. The molecule has 5 rings (SSSR count). The minimum atomic E-state index is -4.76. The zero-order chi connectivity index (χ0) is 24.4. The van der Waals surface area contributed by atoms with Crippen molar-refractivity contribution in [3.63, 3.8) is 0 Å². The van der Waals surface area contributed by atoms with E-state index in [0.717, 1.165) is 41.6 Å². The standard InChI is InChI=1S/C23H22ClF3N6O/c1-11-4-5-14-8-16-18(13-9-29-32(3)10-13)30-12(2)31-19(16)20(11)33(14)22(34)15-6-7-28-21(17(15)24)23(25,26)27/h6-7,9-11,14,20H,4-5,8H2,1-3H3/t11-,14+,20-/m1/s1. The first-order valence-electron chi connectivity index (χ1n) is 11.0. The summed E-state index contributed by atoms with van der Waals surface area (Å²) < 4.78 is 41.8. The van der Waals surface area contributed by atoms with Gasteiger partial charge in [0.05, 0.1) is 34.2 Å². The molecule has 3 aromatic heterocycles. The van der Waals surface area contributed by atoms with Gasteiger partial charge in [-0.2, -0.15) is 18.3 Å². The smallest absolute Gasteiger partial charge is 0.326 e. The van der Waals surface area contributed by atoms with Crippen LogP contribution in [0.25, 0.3) is 11.3 Å². The molecule has 0 aromatic carbocycles. The van der Waals surface area contributed by atoms with E-state index in [1.165, 1.54) is 6.07 Å². The normalized spacial score (nSPS) is 22.0. The van der Waals surface area contributed by atoms with Crippen molar-refractivity contribution in [3.05, 3.63) is 58.0 Å². The van der Waals surface area contributed by atoms with Gasteiger partial charge in [0.1, 0.15) is 5.82 Å². The lowest BCUT2D eigenvalue weighted by molar-refractivity contribution is -0.141. The number of piperidine rings is 1. The first-order chi connectivity index (χ1) is 16.1. The average molecular weight is 491 g/mol. The topological polar surface area (TPSA) is 76.8 Å². The Bertz CT molecular complexity index is 1290. The molecule has 1 saturated heterocycles. The van der Waals surface area contributed by atoms with Crippen LogP contribution in [0.4, 0.5) is 13.2 Å². The summed E-state index contributed by atoms with van der Waals surface area (Å²) in [5.74, 6) is 0.0739. The van der Waals surface area contributed by atoms with Gasteiger partial charge in [-0.1, -0.05) is 18.5 Å². The van der Waals surface area contributed by atoms with Crippen LogP contribution in [0.2, 0.25) is 5.02 Å². The minimum Gasteiger partial charge on any atom is -0.326 e. The van der Waals surface area contributed by atoms with E-state index >= 15 is 0 Å². The number of amides is 1. The fourth-order valence-electron chi connectivity index (χ4n) is 5.17. The quantitative estimate of drug-likeness (QED) is 0.516. The second kappa shape index (κ2) is 8.04. The molecule has 0 saturated carbocycles. The molecule has 0 N–H and O–H groups in total. The van der Waals surface area contributed by atoms with Crippen molar-refractivity contribution in [2.45, 2.75) is 51.4 Å². The third-order valence-electron chi connectivity index (χ3n) is 6.66. The van der Waals surface area contributed by atoms with Gasteiger partial charge in [-0.3, -0.25) is 14.5 Å². The van der Waals surface area contributed by atoms with Gasteiger partial charge in [0.15, 0.2) is 5.69 Å². The van der Waals surface area contributed by atoms with Crippen LogP contribution in [-0.2, 0) is 19.6 Å². The van der Waals surface area contributed by atoms with E-state index in [4.69, 9.17) is 16.6 Å². The number of aryl methyl sites for hydroxylation is 2. The Balaban J connectivity index is 1.63. The summed E-state index contributed by atoms with van der Waals surface area (Å²) in [6, 6.07) is 0.648. The van der Waals surface area contributed by atoms with Gasteiger partial charge < -0.3 is 4.90 Å². The molecule has 0 unspecified atom stereocenters. The maximum absolute atomic E-state index is 13.7. The van der Waals surface area contributed by atoms with Crippen LogP contribution in [0, 0.1) is 12.8 Å². The number of aromatic nitrogens is 5. The molecule has 3 atom stereocenters. The van der Waals surface area contributed by atoms with Crippen LogP contribution in [-0.4, -0.2) is 41.6 Å². The molecule has 2 aliphatic rings. The first kappa shape index (κ1) is 22.8. The summed E-state index contributed by atoms with van der Waals surface area (Å²) in [5.41, 5.74) is 1.89. The molecule has 11 heteroatoms. The zero-order valence-electron chi connectivity index (χ0n) is 18.8. The third kappa shape index (κ3) is 3.64. The van der Waals surface area contributed by atoms with Crippen molar-refractivity contribution in [1.82, 2.24) is 29.6 Å². The molecular weight excluding hydrogens is 469 g/mol. The molecule has 0 radical (unpaired) electrons. The third-order valence-corrected chi connectivity index (χ3v) is 7.04. The predicted molar refractivity (Wildman–Crippen MR) is 118 cm³/mol. The number of hydrogen-bond donors (Lipinski definition) is 0. The van der Waals surface area contributed by atoms with E-state index < -0.39 is 28.8 Å². The second-order valence-electron chi connectivity index (χ2n) is 8.97. The molecule has 2 aliphatic heterocycles. The van der Waals surface area contributed by atoms with Crippen molar-refractivity contribution in [3.8, 4) is 11.3 Å². The van der Waals surface area contributed by atoms with Crippen molar-refractivity contribution in [2.24, 2.45) is 13.0 Å². The number of carbonyl (C=O) groups excluding carboxylic acids is 1. The maximum atomic E-state index is 13.7. The number of alkyl halides is 3. The van der Waals surface area contributed by atoms with Crippen LogP contribution in [0.15, 0.2) is 24.7 Å². The second-order valence-corrected chi connectivity index (χ2v) is 9.35. The van der Waals surface area contributed by atoms with Gasteiger partial charge in [-0.25, -0.2) is 9.97 Å².